The number of ether oxygens (including phenoxy) is 2. The Morgan fingerprint density at radius 3 is 2.08 bits per heavy atom. The van der Waals surface area contributed by atoms with Crippen molar-refractivity contribution in [3.05, 3.63) is 82.1 Å². The number of carbonyl (C=O) groups is 1. The molecule has 0 amide bonds. The van der Waals surface area contributed by atoms with Gasteiger partial charge in [-0.15, -0.1) is 0 Å². The van der Waals surface area contributed by atoms with Gasteiger partial charge in [0.15, 0.2) is 0 Å². The third kappa shape index (κ3) is 6.73. The van der Waals surface area contributed by atoms with Crippen molar-refractivity contribution in [2.24, 2.45) is 0 Å². The first-order valence-corrected chi connectivity index (χ1v) is 13.9. The number of esters is 1. The Morgan fingerprint density at radius 1 is 0.946 bits per heavy atom. The van der Waals surface area contributed by atoms with Crippen molar-refractivity contribution in [2.75, 3.05) is 6.61 Å². The number of benzene rings is 2. The zero-order valence-electron chi connectivity index (χ0n) is 23.5. The van der Waals surface area contributed by atoms with E-state index in [0.29, 0.717) is 12.2 Å². The fraction of sp³-hybridized carbons (Fsp3) is 0.485. The second-order valence-electron chi connectivity index (χ2n) is 10.4. The summed E-state index contributed by atoms with van der Waals surface area (Å²) in [5.41, 5.74) is 5.17. The molecule has 1 N–H and O–H groups in total. The van der Waals surface area contributed by atoms with Crippen LogP contribution in [0.3, 0.4) is 0 Å². The predicted molar refractivity (Wildman–Crippen MR) is 152 cm³/mol. The molecular weight excluding hydrogens is 460 g/mol. The quantitative estimate of drug-likeness (QED) is 0.281. The Kier molecular flexibility index (Phi) is 9.78. The van der Waals surface area contributed by atoms with Gasteiger partial charge in [-0.05, 0) is 79.5 Å². The molecular formula is C33H44O4. The van der Waals surface area contributed by atoms with E-state index in [2.05, 4.69) is 78.0 Å². The van der Waals surface area contributed by atoms with E-state index in [4.69, 9.17) is 9.47 Å². The Labute approximate surface area is 223 Å². The number of hydrogen-bond donors (Lipinski definition) is 1. The maximum Gasteiger partial charge on any atom is 0.314 e. The van der Waals surface area contributed by atoms with Crippen molar-refractivity contribution in [3.8, 4) is 5.75 Å². The second-order valence-corrected chi connectivity index (χ2v) is 10.4. The van der Waals surface area contributed by atoms with Crippen molar-refractivity contribution >= 4 is 12.0 Å². The molecule has 200 valence electrons. The molecule has 2 aromatic rings. The van der Waals surface area contributed by atoms with Crippen molar-refractivity contribution in [2.45, 2.75) is 97.5 Å². The van der Waals surface area contributed by atoms with Crippen LogP contribution in [0.15, 0.2) is 54.3 Å². The van der Waals surface area contributed by atoms with E-state index in [1.54, 1.807) is 6.08 Å². The van der Waals surface area contributed by atoms with E-state index >= 15 is 0 Å². The molecule has 37 heavy (non-hydrogen) atoms. The van der Waals surface area contributed by atoms with Crippen LogP contribution in [0.1, 0.15) is 100 Å². The zero-order valence-corrected chi connectivity index (χ0v) is 23.5. The van der Waals surface area contributed by atoms with E-state index in [0.717, 1.165) is 55.4 Å². The van der Waals surface area contributed by atoms with Gasteiger partial charge in [0.1, 0.15) is 18.1 Å². The van der Waals surface area contributed by atoms with Gasteiger partial charge >= 0.3 is 5.97 Å². The number of cyclic esters (lactones) is 1. The fourth-order valence-corrected chi connectivity index (χ4v) is 5.57. The van der Waals surface area contributed by atoms with Crippen LogP contribution in [-0.4, -0.2) is 23.3 Å². The zero-order chi connectivity index (χ0) is 27.1. The molecule has 1 aliphatic heterocycles. The molecule has 0 aromatic heterocycles. The topological polar surface area (TPSA) is 55.8 Å². The number of rotatable bonds is 13. The molecule has 0 unspecified atom stereocenters. The van der Waals surface area contributed by atoms with E-state index in [9.17, 15) is 9.90 Å². The molecule has 2 aromatic carbocycles. The van der Waals surface area contributed by atoms with Crippen molar-refractivity contribution in [1.29, 1.82) is 0 Å². The highest BCUT2D eigenvalue weighted by Gasteiger charge is 2.31. The summed E-state index contributed by atoms with van der Waals surface area (Å²) >= 11 is 0. The summed E-state index contributed by atoms with van der Waals surface area (Å²) in [6.07, 6.45) is 11.6. The molecule has 0 bridgehead atoms. The molecule has 0 spiro atoms. The first-order chi connectivity index (χ1) is 17.7. The van der Waals surface area contributed by atoms with Crippen LogP contribution >= 0.6 is 0 Å². The number of hydrogen-bond acceptors (Lipinski definition) is 4. The average molecular weight is 505 g/mol. The number of aliphatic hydroxyl groups is 1. The van der Waals surface area contributed by atoms with Crippen LogP contribution in [-0.2, 0) is 14.9 Å². The summed E-state index contributed by atoms with van der Waals surface area (Å²) in [4.78, 5) is 11.3. The fourth-order valence-electron chi connectivity index (χ4n) is 5.57. The molecule has 0 atom stereocenters. The minimum atomic E-state index is -0.734. The Hall–Kier alpha value is -2.85. The average Bonchev–Trinajstić information content (AvgIpc) is 3.29. The van der Waals surface area contributed by atoms with Gasteiger partial charge in [0.25, 0.3) is 0 Å². The van der Waals surface area contributed by atoms with Crippen LogP contribution in [0.4, 0.5) is 0 Å². The van der Waals surface area contributed by atoms with Gasteiger partial charge in [-0.25, -0.2) is 0 Å². The van der Waals surface area contributed by atoms with Gasteiger partial charge in [-0.2, -0.15) is 0 Å². The maximum atomic E-state index is 11.3. The lowest BCUT2D eigenvalue weighted by Gasteiger charge is -2.34. The molecule has 1 heterocycles. The summed E-state index contributed by atoms with van der Waals surface area (Å²) < 4.78 is 11.1. The van der Waals surface area contributed by atoms with E-state index in [1.807, 2.05) is 12.1 Å². The van der Waals surface area contributed by atoms with Crippen LogP contribution in [0, 0.1) is 13.8 Å². The predicted octanol–water partition coefficient (Wildman–Crippen LogP) is 7.96. The van der Waals surface area contributed by atoms with E-state index in [1.165, 1.54) is 16.7 Å². The van der Waals surface area contributed by atoms with Crippen LogP contribution < -0.4 is 4.74 Å². The van der Waals surface area contributed by atoms with Gasteiger partial charge in [0.05, 0.1) is 12.0 Å². The van der Waals surface area contributed by atoms with Crippen LogP contribution in [0.2, 0.25) is 0 Å². The molecule has 0 saturated heterocycles. The van der Waals surface area contributed by atoms with Gasteiger partial charge in [0, 0.05) is 5.41 Å². The monoisotopic (exact) mass is 504 g/mol. The van der Waals surface area contributed by atoms with Crippen molar-refractivity contribution < 1.29 is 19.4 Å². The van der Waals surface area contributed by atoms with E-state index < -0.39 is 5.60 Å². The molecule has 4 nitrogen and oxygen atoms in total. The van der Waals surface area contributed by atoms with Gasteiger partial charge < -0.3 is 14.6 Å². The van der Waals surface area contributed by atoms with E-state index in [-0.39, 0.29) is 18.0 Å². The Balaban J connectivity index is 1.86. The van der Waals surface area contributed by atoms with Gasteiger partial charge in [0.2, 0.25) is 0 Å². The second kappa shape index (κ2) is 12.6. The highest BCUT2D eigenvalue weighted by molar-refractivity contribution is 5.75. The molecule has 4 heteroatoms. The maximum absolute atomic E-state index is 11.3. The lowest BCUT2D eigenvalue weighted by atomic mass is 9.70. The smallest absolute Gasteiger partial charge is 0.314 e. The summed E-state index contributed by atoms with van der Waals surface area (Å²) in [5.74, 6) is 1.16. The first-order valence-electron chi connectivity index (χ1n) is 13.9. The molecule has 3 rings (SSSR count). The van der Waals surface area contributed by atoms with Gasteiger partial charge in [-0.1, -0.05) is 83.0 Å². The standard InChI is InChI=1S/C33H44O4/c1-7-18-32(35,19-8-2)20-17-26-11-12-27(21-24(26)5)33(9-3,10-4)28-13-15-30(25(6)22-28)36-23-29-14-16-31(34)37-29/h11-15,17,20-22,35H,7-10,16,18-19,23H2,1-6H3. The highest BCUT2D eigenvalue weighted by atomic mass is 16.6. The third-order valence-corrected chi connectivity index (χ3v) is 7.81. The van der Waals surface area contributed by atoms with Gasteiger partial charge in [-0.3, -0.25) is 4.79 Å². The summed E-state index contributed by atoms with van der Waals surface area (Å²) in [6, 6.07) is 13.2. The Morgan fingerprint density at radius 2 is 1.57 bits per heavy atom. The molecule has 0 saturated carbocycles. The first kappa shape index (κ1) is 28.7. The normalized spacial score (nSPS) is 14.2. The van der Waals surface area contributed by atoms with Crippen molar-refractivity contribution in [1.82, 2.24) is 0 Å². The number of carbonyl (C=O) groups excluding carboxylic acids is 1. The van der Waals surface area contributed by atoms with Crippen LogP contribution in [0.25, 0.3) is 6.08 Å². The minimum Gasteiger partial charge on any atom is -0.485 e. The summed E-state index contributed by atoms with van der Waals surface area (Å²) in [6.45, 7) is 13.2. The largest absolute Gasteiger partial charge is 0.485 e. The number of aryl methyl sites for hydroxylation is 2. The van der Waals surface area contributed by atoms with Crippen molar-refractivity contribution in [3.63, 3.8) is 0 Å². The SMILES string of the molecule is CCCC(O)(C=Cc1ccc(C(CC)(CC)c2ccc(OCC3=CCC(=O)O3)c(C)c2)cc1C)CCC. The minimum absolute atomic E-state index is 0.106. The lowest BCUT2D eigenvalue weighted by molar-refractivity contribution is -0.136. The summed E-state index contributed by atoms with van der Waals surface area (Å²) in [5, 5.41) is 11.0. The molecule has 0 radical (unpaired) electrons. The lowest BCUT2D eigenvalue weighted by Crippen LogP contribution is -2.26. The van der Waals surface area contributed by atoms with Crippen LogP contribution in [0.5, 0.6) is 5.75 Å². The highest BCUT2D eigenvalue weighted by Crippen LogP contribution is 2.41. The Bertz CT molecular complexity index is 1130. The molecule has 1 aliphatic rings. The molecule has 0 aliphatic carbocycles. The summed E-state index contributed by atoms with van der Waals surface area (Å²) in [7, 11) is 0. The third-order valence-electron chi connectivity index (χ3n) is 7.81. The molecule has 0 fully saturated rings.